The van der Waals surface area contributed by atoms with Crippen molar-refractivity contribution in [2.75, 3.05) is 25.0 Å². The molecule has 2 aromatic rings. The first-order valence-electron chi connectivity index (χ1n) is 7.77. The number of rotatable bonds is 4. The fourth-order valence-electron chi connectivity index (χ4n) is 3.03. The van der Waals surface area contributed by atoms with Gasteiger partial charge in [0.2, 0.25) is 5.89 Å². The molecular weight excluding hydrogens is 292 g/mol. The summed E-state index contributed by atoms with van der Waals surface area (Å²) in [7, 11) is 2.01. The molecule has 0 saturated carbocycles. The summed E-state index contributed by atoms with van der Waals surface area (Å²) in [6.45, 7) is 4.40. The van der Waals surface area contributed by atoms with Crippen LogP contribution in [0.1, 0.15) is 30.1 Å². The number of hydrogen-bond donors (Lipinski definition) is 0. The lowest BCUT2D eigenvalue weighted by molar-refractivity contribution is 0.192. The van der Waals surface area contributed by atoms with Gasteiger partial charge in [-0.05, 0) is 31.5 Å². The Bertz CT molecular complexity index is 707. The highest BCUT2D eigenvalue weighted by atomic mass is 16.5. The maximum absolute atomic E-state index is 9.26. The van der Waals surface area contributed by atoms with E-state index in [1.165, 1.54) is 0 Å². The van der Waals surface area contributed by atoms with Crippen LogP contribution in [-0.4, -0.2) is 46.2 Å². The predicted octanol–water partition coefficient (Wildman–Crippen LogP) is 1.75. The number of nitrogens with zero attached hydrogens (tertiary/aromatic N) is 6. The fraction of sp³-hybridized carbons (Fsp3) is 0.500. The van der Waals surface area contributed by atoms with Crippen molar-refractivity contribution in [1.82, 2.24) is 20.0 Å². The minimum Gasteiger partial charge on any atom is -0.354 e. The second kappa shape index (κ2) is 6.75. The molecule has 0 bridgehead atoms. The molecule has 7 nitrogen and oxygen atoms in total. The number of piperidine rings is 1. The molecule has 3 rings (SSSR count). The highest BCUT2D eigenvalue weighted by Gasteiger charge is 2.26. The topological polar surface area (TPSA) is 82.1 Å². The molecule has 2 aromatic heterocycles. The molecule has 1 aliphatic rings. The van der Waals surface area contributed by atoms with Crippen LogP contribution < -0.4 is 4.90 Å². The lowest BCUT2D eigenvalue weighted by atomic mass is 10.0. The zero-order valence-electron chi connectivity index (χ0n) is 13.4. The Kier molecular flexibility index (Phi) is 4.53. The SMILES string of the molecule is Cc1nc(CN2CCCC(N(C)c3ncccc3C#N)C2)no1. The van der Waals surface area contributed by atoms with Gasteiger partial charge >= 0.3 is 0 Å². The molecular formula is C16H20N6O. The first kappa shape index (κ1) is 15.4. The van der Waals surface area contributed by atoms with E-state index in [4.69, 9.17) is 4.52 Å². The van der Waals surface area contributed by atoms with Gasteiger partial charge in [0.25, 0.3) is 0 Å². The molecule has 1 aliphatic heterocycles. The number of likely N-dealkylation sites (tertiary alicyclic amines) is 1. The van der Waals surface area contributed by atoms with Gasteiger partial charge in [-0.25, -0.2) is 4.98 Å². The quantitative estimate of drug-likeness (QED) is 0.850. The molecule has 1 atom stereocenters. The number of pyridine rings is 1. The first-order valence-corrected chi connectivity index (χ1v) is 7.77. The number of nitriles is 1. The van der Waals surface area contributed by atoms with Gasteiger partial charge in [0, 0.05) is 32.8 Å². The number of hydrogen-bond acceptors (Lipinski definition) is 7. The zero-order valence-corrected chi connectivity index (χ0v) is 13.4. The van der Waals surface area contributed by atoms with Crippen molar-refractivity contribution in [3.63, 3.8) is 0 Å². The van der Waals surface area contributed by atoms with E-state index in [9.17, 15) is 5.26 Å². The zero-order chi connectivity index (χ0) is 16.2. The molecule has 0 aliphatic carbocycles. The first-order chi connectivity index (χ1) is 11.2. The van der Waals surface area contributed by atoms with E-state index in [0.717, 1.165) is 37.6 Å². The van der Waals surface area contributed by atoms with Crippen molar-refractivity contribution < 1.29 is 4.52 Å². The van der Waals surface area contributed by atoms with E-state index in [0.29, 0.717) is 24.0 Å². The molecule has 0 N–H and O–H groups in total. The van der Waals surface area contributed by atoms with Crippen molar-refractivity contribution >= 4 is 5.82 Å². The lowest BCUT2D eigenvalue weighted by Gasteiger charge is -2.37. The van der Waals surface area contributed by atoms with Crippen molar-refractivity contribution in [3.8, 4) is 6.07 Å². The molecule has 3 heterocycles. The van der Waals surface area contributed by atoms with Gasteiger partial charge < -0.3 is 9.42 Å². The van der Waals surface area contributed by atoms with Crippen LogP contribution in [0.4, 0.5) is 5.82 Å². The summed E-state index contributed by atoms with van der Waals surface area (Å²) in [4.78, 5) is 13.1. The average Bonchev–Trinajstić information content (AvgIpc) is 2.99. The van der Waals surface area contributed by atoms with Crippen LogP contribution in [0.5, 0.6) is 0 Å². The van der Waals surface area contributed by atoms with Gasteiger partial charge in [0.05, 0.1) is 12.1 Å². The van der Waals surface area contributed by atoms with Crippen LogP contribution >= 0.6 is 0 Å². The molecule has 1 saturated heterocycles. The smallest absolute Gasteiger partial charge is 0.223 e. The van der Waals surface area contributed by atoms with Gasteiger partial charge in [-0.2, -0.15) is 10.2 Å². The molecule has 0 spiro atoms. The monoisotopic (exact) mass is 312 g/mol. The Hall–Kier alpha value is -2.46. The highest BCUT2D eigenvalue weighted by molar-refractivity contribution is 5.53. The molecule has 1 unspecified atom stereocenters. The van der Waals surface area contributed by atoms with Crippen LogP contribution in [0.15, 0.2) is 22.9 Å². The third-order valence-corrected chi connectivity index (χ3v) is 4.20. The second-order valence-corrected chi connectivity index (χ2v) is 5.86. The standard InChI is InChI=1S/C16H20N6O/c1-12-19-15(20-23-12)11-22-8-4-6-14(10-22)21(2)16-13(9-17)5-3-7-18-16/h3,5,7,14H,4,6,8,10-11H2,1-2H3. The Labute approximate surface area is 135 Å². The summed E-state index contributed by atoms with van der Waals surface area (Å²) in [5.41, 5.74) is 0.612. The number of aryl methyl sites for hydroxylation is 1. The molecule has 0 aromatic carbocycles. The van der Waals surface area contributed by atoms with E-state index >= 15 is 0 Å². The highest BCUT2D eigenvalue weighted by Crippen LogP contribution is 2.23. The molecule has 1 fully saturated rings. The summed E-state index contributed by atoms with van der Waals surface area (Å²) in [5.74, 6) is 2.07. The van der Waals surface area contributed by atoms with Gasteiger partial charge in [-0.3, -0.25) is 4.90 Å². The summed E-state index contributed by atoms with van der Waals surface area (Å²) in [5, 5.41) is 13.2. The van der Waals surface area contributed by atoms with E-state index < -0.39 is 0 Å². The third-order valence-electron chi connectivity index (χ3n) is 4.20. The van der Waals surface area contributed by atoms with E-state index in [1.54, 1.807) is 19.2 Å². The maximum atomic E-state index is 9.26. The molecule has 23 heavy (non-hydrogen) atoms. The van der Waals surface area contributed by atoms with Gasteiger partial charge in [0.1, 0.15) is 11.9 Å². The molecule has 7 heteroatoms. The van der Waals surface area contributed by atoms with Gasteiger partial charge in [-0.1, -0.05) is 5.16 Å². The number of aromatic nitrogens is 3. The summed E-state index contributed by atoms with van der Waals surface area (Å²) in [6, 6.07) is 6.14. The van der Waals surface area contributed by atoms with E-state index in [-0.39, 0.29) is 0 Å². The Morgan fingerprint density at radius 1 is 1.52 bits per heavy atom. The maximum Gasteiger partial charge on any atom is 0.223 e. The molecule has 120 valence electrons. The minimum atomic E-state index is 0.318. The Balaban J connectivity index is 1.69. The van der Waals surface area contributed by atoms with Crippen molar-refractivity contribution in [1.29, 1.82) is 5.26 Å². The lowest BCUT2D eigenvalue weighted by Crippen LogP contribution is -2.46. The summed E-state index contributed by atoms with van der Waals surface area (Å²) < 4.78 is 5.04. The van der Waals surface area contributed by atoms with Crippen molar-refractivity contribution in [3.05, 3.63) is 35.6 Å². The Morgan fingerprint density at radius 2 is 2.39 bits per heavy atom. The van der Waals surface area contributed by atoms with E-state index in [2.05, 4.69) is 31.0 Å². The van der Waals surface area contributed by atoms with Crippen LogP contribution in [0.2, 0.25) is 0 Å². The predicted molar refractivity (Wildman–Crippen MR) is 84.7 cm³/mol. The summed E-state index contributed by atoms with van der Waals surface area (Å²) in [6.07, 6.45) is 3.91. The van der Waals surface area contributed by atoms with Gasteiger partial charge in [0.15, 0.2) is 5.82 Å². The van der Waals surface area contributed by atoms with E-state index in [1.807, 2.05) is 13.1 Å². The molecule has 0 radical (unpaired) electrons. The van der Waals surface area contributed by atoms with Crippen molar-refractivity contribution in [2.45, 2.75) is 32.4 Å². The minimum absolute atomic E-state index is 0.318. The number of likely N-dealkylation sites (N-methyl/N-ethyl adjacent to an activating group) is 1. The average molecular weight is 312 g/mol. The molecule has 0 amide bonds. The van der Waals surface area contributed by atoms with Crippen LogP contribution in [0.3, 0.4) is 0 Å². The normalized spacial score (nSPS) is 18.6. The Morgan fingerprint density at radius 3 is 3.13 bits per heavy atom. The van der Waals surface area contributed by atoms with Crippen LogP contribution in [0.25, 0.3) is 0 Å². The van der Waals surface area contributed by atoms with Crippen LogP contribution in [-0.2, 0) is 6.54 Å². The second-order valence-electron chi connectivity index (χ2n) is 5.86. The van der Waals surface area contributed by atoms with Crippen LogP contribution in [0, 0.1) is 18.3 Å². The number of anilines is 1. The largest absolute Gasteiger partial charge is 0.354 e. The third kappa shape index (κ3) is 3.48. The fourth-order valence-corrected chi connectivity index (χ4v) is 3.03. The van der Waals surface area contributed by atoms with Gasteiger partial charge in [-0.15, -0.1) is 0 Å². The summed E-state index contributed by atoms with van der Waals surface area (Å²) >= 11 is 0. The van der Waals surface area contributed by atoms with Crippen molar-refractivity contribution in [2.24, 2.45) is 0 Å².